The number of methoxy groups -OCH3 is 1. The van der Waals surface area contributed by atoms with E-state index in [2.05, 4.69) is 0 Å². The van der Waals surface area contributed by atoms with E-state index in [1.807, 2.05) is 24.3 Å². The molecule has 1 atom stereocenters. The van der Waals surface area contributed by atoms with Crippen molar-refractivity contribution in [3.8, 4) is 5.75 Å². The summed E-state index contributed by atoms with van der Waals surface area (Å²) in [5.74, 6) is 1.28. The Bertz CT molecular complexity index is 357. The first kappa shape index (κ1) is 10.2. The van der Waals surface area contributed by atoms with Crippen LogP contribution in [0.5, 0.6) is 5.75 Å². The zero-order chi connectivity index (χ0) is 10.7. The lowest BCUT2D eigenvalue weighted by Crippen LogP contribution is -2.17. The van der Waals surface area contributed by atoms with Crippen LogP contribution in [0, 0.1) is 0 Å². The molecule has 0 N–H and O–H groups in total. The molecule has 2 heteroatoms. The summed E-state index contributed by atoms with van der Waals surface area (Å²) >= 11 is 0. The Morgan fingerprint density at radius 3 is 2.80 bits per heavy atom. The molecular weight excluding hydrogens is 188 g/mol. The van der Waals surface area contributed by atoms with E-state index in [0.29, 0.717) is 5.78 Å². The lowest BCUT2D eigenvalue weighted by Gasteiger charge is -2.22. The van der Waals surface area contributed by atoms with E-state index in [9.17, 15) is 4.79 Å². The lowest BCUT2D eigenvalue weighted by molar-refractivity contribution is -0.121. The molecular formula is C13H16O2. The molecule has 0 aliphatic heterocycles. The number of carbonyl (C=O) groups excluding carboxylic acids is 1. The van der Waals surface area contributed by atoms with Gasteiger partial charge in [0, 0.05) is 17.9 Å². The van der Waals surface area contributed by atoms with Gasteiger partial charge in [-0.1, -0.05) is 24.6 Å². The fourth-order valence-electron chi connectivity index (χ4n) is 2.27. The molecule has 0 spiro atoms. The third kappa shape index (κ3) is 2.04. The minimum atomic E-state index is 0.0647. The van der Waals surface area contributed by atoms with Crippen molar-refractivity contribution in [2.45, 2.75) is 31.6 Å². The highest BCUT2D eigenvalue weighted by molar-refractivity contribution is 5.87. The van der Waals surface area contributed by atoms with Gasteiger partial charge in [-0.05, 0) is 18.9 Å². The average molecular weight is 204 g/mol. The molecule has 1 aliphatic rings. The Kier molecular flexibility index (Phi) is 3.05. The number of benzene rings is 1. The number of hydrogen-bond acceptors (Lipinski definition) is 2. The molecule has 0 radical (unpaired) electrons. The number of ketones is 1. The highest BCUT2D eigenvalue weighted by Crippen LogP contribution is 2.34. The van der Waals surface area contributed by atoms with Crippen molar-refractivity contribution in [3.05, 3.63) is 29.8 Å². The van der Waals surface area contributed by atoms with Gasteiger partial charge < -0.3 is 4.74 Å². The fraction of sp³-hybridized carbons (Fsp3) is 0.462. The maximum absolute atomic E-state index is 11.8. The van der Waals surface area contributed by atoms with Crippen LogP contribution in [-0.2, 0) is 4.79 Å². The third-order valence-corrected chi connectivity index (χ3v) is 3.07. The third-order valence-electron chi connectivity index (χ3n) is 3.07. The van der Waals surface area contributed by atoms with Gasteiger partial charge in [0.1, 0.15) is 11.5 Å². The van der Waals surface area contributed by atoms with Crippen LogP contribution in [0.15, 0.2) is 24.3 Å². The molecule has 80 valence electrons. The van der Waals surface area contributed by atoms with Gasteiger partial charge >= 0.3 is 0 Å². The standard InChI is InChI=1S/C13H16O2/c1-15-13-9-5-3-7-11(13)10-6-2-4-8-12(10)14/h3,5,7,9-10H,2,4,6,8H2,1H3/t10-/m1/s1. The van der Waals surface area contributed by atoms with Gasteiger partial charge in [-0.25, -0.2) is 0 Å². The molecule has 0 bridgehead atoms. The average Bonchev–Trinajstić information content (AvgIpc) is 2.30. The molecule has 1 aromatic carbocycles. The van der Waals surface area contributed by atoms with Gasteiger partial charge in [0.25, 0.3) is 0 Å². The van der Waals surface area contributed by atoms with E-state index >= 15 is 0 Å². The molecule has 0 heterocycles. The monoisotopic (exact) mass is 204 g/mol. The molecule has 0 aromatic heterocycles. The Morgan fingerprint density at radius 1 is 1.27 bits per heavy atom. The zero-order valence-corrected chi connectivity index (χ0v) is 9.03. The normalized spacial score (nSPS) is 21.4. The van der Waals surface area contributed by atoms with Crippen molar-refractivity contribution in [2.24, 2.45) is 0 Å². The van der Waals surface area contributed by atoms with E-state index in [-0.39, 0.29) is 5.92 Å². The van der Waals surface area contributed by atoms with Gasteiger partial charge in [-0.2, -0.15) is 0 Å². The van der Waals surface area contributed by atoms with E-state index in [4.69, 9.17) is 4.74 Å². The van der Waals surface area contributed by atoms with Crippen molar-refractivity contribution in [3.63, 3.8) is 0 Å². The van der Waals surface area contributed by atoms with Crippen LogP contribution in [0.25, 0.3) is 0 Å². The first-order chi connectivity index (χ1) is 7.33. The molecule has 1 fully saturated rings. The molecule has 15 heavy (non-hydrogen) atoms. The number of para-hydroxylation sites is 1. The number of carbonyl (C=O) groups is 1. The zero-order valence-electron chi connectivity index (χ0n) is 9.03. The van der Waals surface area contributed by atoms with Crippen LogP contribution >= 0.6 is 0 Å². The maximum Gasteiger partial charge on any atom is 0.140 e. The highest BCUT2D eigenvalue weighted by atomic mass is 16.5. The summed E-state index contributed by atoms with van der Waals surface area (Å²) in [6.07, 6.45) is 3.89. The molecule has 0 unspecified atom stereocenters. The Hall–Kier alpha value is -1.31. The van der Waals surface area contributed by atoms with E-state index in [0.717, 1.165) is 37.0 Å². The van der Waals surface area contributed by atoms with Crippen LogP contribution in [0.4, 0.5) is 0 Å². The van der Waals surface area contributed by atoms with Gasteiger partial charge in [0.2, 0.25) is 0 Å². The van der Waals surface area contributed by atoms with Crippen LogP contribution < -0.4 is 4.74 Å². The van der Waals surface area contributed by atoms with Gasteiger partial charge in [-0.15, -0.1) is 0 Å². The van der Waals surface area contributed by atoms with Crippen molar-refractivity contribution in [2.75, 3.05) is 7.11 Å². The smallest absolute Gasteiger partial charge is 0.140 e. The first-order valence-electron chi connectivity index (χ1n) is 5.48. The second-order valence-corrected chi connectivity index (χ2v) is 4.01. The lowest BCUT2D eigenvalue weighted by atomic mass is 9.82. The van der Waals surface area contributed by atoms with E-state index < -0.39 is 0 Å². The van der Waals surface area contributed by atoms with Gasteiger partial charge in [0.15, 0.2) is 0 Å². The summed E-state index contributed by atoms with van der Waals surface area (Å²) in [5.41, 5.74) is 1.06. The molecule has 2 rings (SSSR count). The Balaban J connectivity index is 2.30. The maximum atomic E-state index is 11.8. The number of rotatable bonds is 2. The van der Waals surface area contributed by atoms with Crippen LogP contribution in [0.1, 0.15) is 37.2 Å². The topological polar surface area (TPSA) is 26.3 Å². The second kappa shape index (κ2) is 4.47. The number of ether oxygens (including phenoxy) is 1. The highest BCUT2D eigenvalue weighted by Gasteiger charge is 2.25. The largest absolute Gasteiger partial charge is 0.496 e. The van der Waals surface area contributed by atoms with Crippen molar-refractivity contribution in [1.29, 1.82) is 0 Å². The summed E-state index contributed by atoms with van der Waals surface area (Å²) in [6.45, 7) is 0. The summed E-state index contributed by atoms with van der Waals surface area (Å²) in [4.78, 5) is 11.8. The van der Waals surface area contributed by atoms with E-state index in [1.165, 1.54) is 0 Å². The van der Waals surface area contributed by atoms with Crippen molar-refractivity contribution >= 4 is 5.78 Å². The predicted octanol–water partition coefficient (Wildman–Crippen LogP) is 2.92. The molecule has 2 nitrogen and oxygen atoms in total. The first-order valence-corrected chi connectivity index (χ1v) is 5.48. The van der Waals surface area contributed by atoms with Crippen molar-refractivity contribution < 1.29 is 9.53 Å². The SMILES string of the molecule is COc1ccccc1[C@H]1CCCCC1=O. The number of hydrogen-bond donors (Lipinski definition) is 0. The van der Waals surface area contributed by atoms with Crippen LogP contribution in [0.3, 0.4) is 0 Å². The fourth-order valence-corrected chi connectivity index (χ4v) is 2.27. The van der Waals surface area contributed by atoms with Crippen molar-refractivity contribution in [1.82, 2.24) is 0 Å². The molecule has 1 aliphatic carbocycles. The Labute approximate surface area is 90.3 Å². The van der Waals surface area contributed by atoms with Crippen LogP contribution in [-0.4, -0.2) is 12.9 Å². The van der Waals surface area contributed by atoms with Gasteiger partial charge in [0.05, 0.1) is 7.11 Å². The summed E-state index contributed by atoms with van der Waals surface area (Å²) in [7, 11) is 1.66. The summed E-state index contributed by atoms with van der Waals surface area (Å²) < 4.78 is 5.29. The van der Waals surface area contributed by atoms with E-state index in [1.54, 1.807) is 7.11 Å². The number of Topliss-reactive ketones (excluding diaryl/α,β-unsaturated/α-hetero) is 1. The van der Waals surface area contributed by atoms with Crippen LogP contribution in [0.2, 0.25) is 0 Å². The second-order valence-electron chi connectivity index (χ2n) is 4.01. The quantitative estimate of drug-likeness (QED) is 0.740. The molecule has 0 saturated heterocycles. The summed E-state index contributed by atoms with van der Waals surface area (Å²) in [6, 6.07) is 7.85. The minimum absolute atomic E-state index is 0.0647. The molecule has 0 amide bonds. The minimum Gasteiger partial charge on any atom is -0.496 e. The Morgan fingerprint density at radius 2 is 2.07 bits per heavy atom. The van der Waals surface area contributed by atoms with Gasteiger partial charge in [-0.3, -0.25) is 4.79 Å². The molecule has 1 saturated carbocycles. The summed E-state index contributed by atoms with van der Waals surface area (Å²) in [5, 5.41) is 0. The molecule has 1 aromatic rings. The predicted molar refractivity (Wildman–Crippen MR) is 59.2 cm³/mol.